The fourth-order valence-corrected chi connectivity index (χ4v) is 4.42. The number of alkyl halides is 1. The van der Waals surface area contributed by atoms with Crippen molar-refractivity contribution in [3.8, 4) is 11.5 Å². The highest BCUT2D eigenvalue weighted by Gasteiger charge is 2.35. The number of likely N-dealkylation sites (tertiary alicyclic amines) is 1. The first-order chi connectivity index (χ1) is 18.7. The molecule has 10 heteroatoms. The van der Waals surface area contributed by atoms with E-state index in [1.807, 2.05) is 25.1 Å². The van der Waals surface area contributed by atoms with Crippen LogP contribution in [0.25, 0.3) is 0 Å². The molecule has 2 atom stereocenters. The van der Waals surface area contributed by atoms with Crippen LogP contribution in [0, 0.1) is 6.92 Å². The van der Waals surface area contributed by atoms with Gasteiger partial charge in [-0.05, 0) is 60.5 Å². The molecule has 204 valence electrons. The summed E-state index contributed by atoms with van der Waals surface area (Å²) in [6.45, 7) is 1.95. The van der Waals surface area contributed by atoms with Gasteiger partial charge in [0.05, 0.1) is 37.4 Å². The largest absolute Gasteiger partial charge is 0.495 e. The molecule has 1 saturated heterocycles. The van der Waals surface area contributed by atoms with E-state index in [9.17, 15) is 18.8 Å². The zero-order valence-corrected chi connectivity index (χ0v) is 21.6. The topological polar surface area (TPSA) is 117 Å². The van der Waals surface area contributed by atoms with Crippen LogP contribution in [0.4, 0.5) is 20.6 Å². The standard InChI is InChI=1S/C29H30FN3O6/c1-18-5-3-4-6-24(18)31-29(37)32-25-12-7-19(13-26(25)38-2)14-27(34)33-16-21(30)15-22(33)17-39-23-10-8-20(9-11-23)28(35)36/h3-13,21-22H,14-17H2,1-2H3,(H,35,36)(H2,31,32,37)/t21?,22-/m0/s1. The number of benzene rings is 3. The Morgan fingerprint density at radius 3 is 2.44 bits per heavy atom. The Bertz CT molecular complexity index is 1350. The Morgan fingerprint density at radius 2 is 1.74 bits per heavy atom. The van der Waals surface area contributed by atoms with Crippen molar-refractivity contribution in [2.75, 3.05) is 30.9 Å². The molecule has 0 saturated carbocycles. The molecule has 3 N–H and O–H groups in total. The van der Waals surface area contributed by atoms with Crippen LogP contribution in [0.3, 0.4) is 0 Å². The van der Waals surface area contributed by atoms with E-state index in [1.54, 1.807) is 24.3 Å². The van der Waals surface area contributed by atoms with E-state index in [2.05, 4.69) is 10.6 Å². The summed E-state index contributed by atoms with van der Waals surface area (Å²) in [5.41, 5.74) is 2.82. The van der Waals surface area contributed by atoms with Gasteiger partial charge >= 0.3 is 12.0 Å². The molecule has 1 heterocycles. The van der Waals surface area contributed by atoms with Crippen LogP contribution in [-0.2, 0) is 11.2 Å². The molecule has 0 radical (unpaired) electrons. The SMILES string of the molecule is COc1cc(CC(=O)N2CC(F)C[C@H]2COc2ccc(C(=O)O)cc2)ccc1NC(=O)Nc1ccccc1C. The molecule has 3 amide bonds. The van der Waals surface area contributed by atoms with Gasteiger partial charge in [0.25, 0.3) is 0 Å². The number of hydrogen-bond donors (Lipinski definition) is 3. The van der Waals surface area contributed by atoms with E-state index in [-0.39, 0.29) is 37.5 Å². The normalized spacial score (nSPS) is 16.4. The summed E-state index contributed by atoms with van der Waals surface area (Å²) in [6, 6.07) is 17.4. The number of carbonyl (C=O) groups excluding carboxylic acids is 2. The van der Waals surface area contributed by atoms with E-state index in [0.29, 0.717) is 28.4 Å². The second kappa shape index (κ2) is 12.3. The summed E-state index contributed by atoms with van der Waals surface area (Å²) in [6.07, 6.45) is -0.992. The van der Waals surface area contributed by atoms with Gasteiger partial charge in [0, 0.05) is 12.1 Å². The van der Waals surface area contributed by atoms with Crippen LogP contribution in [0.1, 0.15) is 27.9 Å². The van der Waals surface area contributed by atoms with Crippen LogP contribution >= 0.6 is 0 Å². The molecule has 1 fully saturated rings. The molecule has 39 heavy (non-hydrogen) atoms. The van der Waals surface area contributed by atoms with Crippen LogP contribution in [0.5, 0.6) is 11.5 Å². The maximum absolute atomic E-state index is 14.3. The number of aryl methyl sites for hydroxylation is 1. The maximum Gasteiger partial charge on any atom is 0.335 e. The molecular formula is C29H30FN3O6. The van der Waals surface area contributed by atoms with Crippen LogP contribution in [0.2, 0.25) is 0 Å². The first-order valence-electron chi connectivity index (χ1n) is 12.4. The predicted octanol–water partition coefficient (Wildman–Crippen LogP) is 4.91. The lowest BCUT2D eigenvalue weighted by atomic mass is 10.1. The first-order valence-corrected chi connectivity index (χ1v) is 12.4. The van der Waals surface area contributed by atoms with Gasteiger partial charge in [-0.2, -0.15) is 0 Å². The summed E-state index contributed by atoms with van der Waals surface area (Å²) < 4.78 is 25.4. The average molecular weight is 536 g/mol. The van der Waals surface area contributed by atoms with E-state index in [0.717, 1.165) is 5.56 Å². The Hall–Kier alpha value is -4.60. The van der Waals surface area contributed by atoms with Crippen LogP contribution < -0.4 is 20.1 Å². The number of hydrogen-bond acceptors (Lipinski definition) is 5. The van der Waals surface area contributed by atoms with Gasteiger partial charge in [0.15, 0.2) is 0 Å². The van der Waals surface area contributed by atoms with E-state index >= 15 is 0 Å². The smallest absolute Gasteiger partial charge is 0.335 e. The van der Waals surface area contributed by atoms with Gasteiger partial charge in [-0.25, -0.2) is 14.0 Å². The monoisotopic (exact) mass is 535 g/mol. The molecule has 0 aromatic heterocycles. The molecule has 1 aliphatic heterocycles. The Balaban J connectivity index is 1.37. The molecule has 3 aromatic rings. The lowest BCUT2D eigenvalue weighted by Crippen LogP contribution is -2.40. The van der Waals surface area contributed by atoms with Gasteiger partial charge in [-0.3, -0.25) is 4.79 Å². The number of methoxy groups -OCH3 is 1. The van der Waals surface area contributed by atoms with Crippen molar-refractivity contribution in [2.45, 2.75) is 32.0 Å². The number of urea groups is 1. The third kappa shape index (κ3) is 7.04. The Morgan fingerprint density at radius 1 is 1.03 bits per heavy atom. The molecule has 9 nitrogen and oxygen atoms in total. The number of ether oxygens (including phenoxy) is 2. The van der Waals surface area contributed by atoms with Gasteiger partial charge in [0.1, 0.15) is 24.3 Å². The third-order valence-corrected chi connectivity index (χ3v) is 6.49. The average Bonchev–Trinajstić information content (AvgIpc) is 3.30. The first kappa shape index (κ1) is 27.4. The Labute approximate surface area is 225 Å². The molecule has 3 aromatic carbocycles. The molecule has 1 unspecified atom stereocenters. The van der Waals surface area contributed by atoms with E-state index in [4.69, 9.17) is 14.6 Å². The highest BCUT2D eigenvalue weighted by atomic mass is 19.1. The summed E-state index contributed by atoms with van der Waals surface area (Å²) in [4.78, 5) is 38.1. The Kier molecular flexibility index (Phi) is 8.65. The lowest BCUT2D eigenvalue weighted by molar-refractivity contribution is -0.132. The number of aromatic carboxylic acids is 1. The highest BCUT2D eigenvalue weighted by Crippen LogP contribution is 2.28. The molecule has 0 bridgehead atoms. The molecule has 0 aliphatic carbocycles. The zero-order valence-electron chi connectivity index (χ0n) is 21.6. The number of anilines is 2. The van der Waals surface area contributed by atoms with Crippen LogP contribution in [0.15, 0.2) is 66.7 Å². The van der Waals surface area contributed by atoms with Crippen molar-refractivity contribution < 1.29 is 33.4 Å². The van der Waals surface area contributed by atoms with E-state index in [1.165, 1.54) is 36.3 Å². The van der Waals surface area contributed by atoms with Gasteiger partial charge in [-0.15, -0.1) is 0 Å². The quantitative estimate of drug-likeness (QED) is 0.359. The molecule has 1 aliphatic rings. The minimum absolute atomic E-state index is 0.0164. The van der Waals surface area contributed by atoms with E-state index < -0.39 is 24.2 Å². The number of carboxylic acids is 1. The van der Waals surface area contributed by atoms with Crippen molar-refractivity contribution >= 4 is 29.3 Å². The molecule has 4 rings (SSSR count). The van der Waals surface area contributed by atoms with Gasteiger partial charge in [0.2, 0.25) is 5.91 Å². The zero-order chi connectivity index (χ0) is 27.9. The number of halogens is 1. The number of rotatable bonds is 9. The highest BCUT2D eigenvalue weighted by molar-refractivity contribution is 6.01. The third-order valence-electron chi connectivity index (χ3n) is 6.49. The molecule has 0 spiro atoms. The van der Waals surface area contributed by atoms with Crippen molar-refractivity contribution in [2.24, 2.45) is 0 Å². The summed E-state index contributed by atoms with van der Waals surface area (Å²) >= 11 is 0. The lowest BCUT2D eigenvalue weighted by Gasteiger charge is -2.24. The number of carboxylic acid groups (broad SMARTS) is 1. The summed E-state index contributed by atoms with van der Waals surface area (Å²) in [5.74, 6) is -0.478. The number of amides is 3. The number of carbonyl (C=O) groups is 3. The van der Waals surface area contributed by atoms with Crippen molar-refractivity contribution in [1.29, 1.82) is 0 Å². The van der Waals surface area contributed by atoms with Crippen molar-refractivity contribution in [1.82, 2.24) is 4.90 Å². The fraction of sp³-hybridized carbons (Fsp3) is 0.276. The van der Waals surface area contributed by atoms with Crippen molar-refractivity contribution in [3.05, 3.63) is 83.4 Å². The predicted molar refractivity (Wildman–Crippen MR) is 144 cm³/mol. The number of nitrogens with one attached hydrogen (secondary N) is 2. The van der Waals surface area contributed by atoms with Gasteiger partial charge in [-0.1, -0.05) is 24.3 Å². The number of nitrogens with zero attached hydrogens (tertiary/aromatic N) is 1. The second-order valence-corrected chi connectivity index (χ2v) is 9.28. The number of para-hydroxylation sites is 1. The minimum Gasteiger partial charge on any atom is -0.495 e. The molecular weight excluding hydrogens is 505 g/mol. The second-order valence-electron chi connectivity index (χ2n) is 9.28. The minimum atomic E-state index is -1.16. The fourth-order valence-electron chi connectivity index (χ4n) is 4.42. The summed E-state index contributed by atoms with van der Waals surface area (Å²) in [7, 11) is 1.47. The maximum atomic E-state index is 14.3. The van der Waals surface area contributed by atoms with Crippen LogP contribution in [-0.4, -0.2) is 60.4 Å². The van der Waals surface area contributed by atoms with Crippen molar-refractivity contribution in [3.63, 3.8) is 0 Å². The summed E-state index contributed by atoms with van der Waals surface area (Å²) in [5, 5.41) is 14.6. The van der Waals surface area contributed by atoms with Gasteiger partial charge < -0.3 is 30.1 Å².